The van der Waals surface area contributed by atoms with Gasteiger partial charge in [0.2, 0.25) is 0 Å². The van der Waals surface area contributed by atoms with Crippen LogP contribution in [0.25, 0.3) is 0 Å². The molecule has 104 valence electrons. The van der Waals surface area contributed by atoms with Crippen molar-refractivity contribution in [1.29, 1.82) is 0 Å². The van der Waals surface area contributed by atoms with Crippen molar-refractivity contribution >= 4 is 5.78 Å². The zero-order valence-electron chi connectivity index (χ0n) is 11.7. The standard InChI is InChI=1S/C15H23N3O/c1-17-11-8-16-15(17)7-10-18-9-3-5-13(18)12-4-2-6-14(12)19/h8,11-13H,2-7,9-10H2,1H3. The minimum atomic E-state index is 0.323. The molecule has 2 heterocycles. The van der Waals surface area contributed by atoms with Crippen LogP contribution in [0.1, 0.15) is 37.9 Å². The van der Waals surface area contributed by atoms with Crippen LogP contribution in [0.4, 0.5) is 0 Å². The van der Waals surface area contributed by atoms with Crippen molar-refractivity contribution < 1.29 is 4.79 Å². The quantitative estimate of drug-likeness (QED) is 0.829. The number of aromatic nitrogens is 2. The molecule has 2 fully saturated rings. The average molecular weight is 261 g/mol. The van der Waals surface area contributed by atoms with E-state index in [9.17, 15) is 4.79 Å². The molecule has 1 aromatic rings. The maximum absolute atomic E-state index is 12.0. The Labute approximate surface area is 114 Å². The fourth-order valence-corrected chi connectivity index (χ4v) is 3.72. The Bertz CT molecular complexity index is 454. The number of Topliss-reactive ketones (excluding diaryl/α,β-unsaturated/α-hetero) is 1. The van der Waals surface area contributed by atoms with Crippen molar-refractivity contribution in [3.63, 3.8) is 0 Å². The molecule has 1 saturated carbocycles. The Morgan fingerprint density at radius 2 is 2.26 bits per heavy atom. The van der Waals surface area contributed by atoms with Crippen molar-refractivity contribution in [2.24, 2.45) is 13.0 Å². The average Bonchev–Trinajstić information content (AvgIpc) is 3.08. The van der Waals surface area contributed by atoms with Crippen LogP contribution in [0, 0.1) is 5.92 Å². The summed E-state index contributed by atoms with van der Waals surface area (Å²) in [5, 5.41) is 0. The molecule has 2 atom stereocenters. The predicted molar refractivity (Wildman–Crippen MR) is 73.9 cm³/mol. The zero-order chi connectivity index (χ0) is 13.2. The van der Waals surface area contributed by atoms with E-state index in [1.54, 1.807) is 0 Å². The normalized spacial score (nSPS) is 28.4. The number of hydrogen-bond donors (Lipinski definition) is 0. The number of nitrogens with zero attached hydrogens (tertiary/aromatic N) is 3. The number of carbonyl (C=O) groups excluding carboxylic acids is 1. The van der Waals surface area contributed by atoms with Gasteiger partial charge < -0.3 is 4.57 Å². The molecule has 3 rings (SSSR count). The first-order valence-electron chi connectivity index (χ1n) is 7.48. The molecule has 1 aliphatic heterocycles. The number of imidazole rings is 1. The third-order valence-electron chi connectivity index (χ3n) is 4.77. The van der Waals surface area contributed by atoms with Crippen LogP contribution in [0.3, 0.4) is 0 Å². The third-order valence-corrected chi connectivity index (χ3v) is 4.77. The summed E-state index contributed by atoms with van der Waals surface area (Å²) >= 11 is 0. The van der Waals surface area contributed by atoms with E-state index in [4.69, 9.17) is 0 Å². The van der Waals surface area contributed by atoms with Gasteiger partial charge in [-0.05, 0) is 32.2 Å². The summed E-state index contributed by atoms with van der Waals surface area (Å²) in [6.07, 6.45) is 10.3. The lowest BCUT2D eigenvalue weighted by Gasteiger charge is -2.28. The Kier molecular flexibility index (Phi) is 3.69. The van der Waals surface area contributed by atoms with Gasteiger partial charge in [-0.1, -0.05) is 0 Å². The minimum Gasteiger partial charge on any atom is -0.338 e. The van der Waals surface area contributed by atoms with Gasteiger partial charge >= 0.3 is 0 Å². The van der Waals surface area contributed by atoms with E-state index < -0.39 is 0 Å². The Hall–Kier alpha value is -1.16. The van der Waals surface area contributed by atoms with Gasteiger partial charge in [0.05, 0.1) is 0 Å². The molecule has 1 aliphatic carbocycles. The summed E-state index contributed by atoms with van der Waals surface area (Å²) in [7, 11) is 2.05. The lowest BCUT2D eigenvalue weighted by Crippen LogP contribution is -2.38. The van der Waals surface area contributed by atoms with E-state index in [0.717, 1.165) is 44.6 Å². The van der Waals surface area contributed by atoms with Gasteiger partial charge in [-0.2, -0.15) is 0 Å². The SMILES string of the molecule is Cn1ccnc1CCN1CCCC1C1CCCC1=O. The Morgan fingerprint density at radius 3 is 2.95 bits per heavy atom. The van der Waals surface area contributed by atoms with Crippen LogP contribution >= 0.6 is 0 Å². The Morgan fingerprint density at radius 1 is 1.37 bits per heavy atom. The third kappa shape index (κ3) is 2.59. The van der Waals surface area contributed by atoms with Crippen LogP contribution in [-0.2, 0) is 18.3 Å². The van der Waals surface area contributed by atoms with E-state index in [2.05, 4.69) is 14.5 Å². The number of ketones is 1. The van der Waals surface area contributed by atoms with Gasteiger partial charge in [-0.15, -0.1) is 0 Å². The van der Waals surface area contributed by atoms with Gasteiger partial charge in [0.1, 0.15) is 11.6 Å². The number of rotatable bonds is 4. The largest absolute Gasteiger partial charge is 0.338 e. The fraction of sp³-hybridized carbons (Fsp3) is 0.733. The molecule has 4 heteroatoms. The molecule has 0 bridgehead atoms. The zero-order valence-corrected chi connectivity index (χ0v) is 11.7. The lowest BCUT2D eigenvalue weighted by molar-refractivity contribution is -0.122. The second-order valence-corrected chi connectivity index (χ2v) is 5.91. The number of aryl methyl sites for hydroxylation is 1. The predicted octanol–water partition coefficient (Wildman–Crippen LogP) is 1.80. The summed E-state index contributed by atoms with van der Waals surface area (Å²) in [4.78, 5) is 18.9. The molecule has 0 aromatic carbocycles. The number of carbonyl (C=O) groups is 1. The van der Waals surface area contributed by atoms with Gasteiger partial charge in [-0.3, -0.25) is 9.69 Å². The van der Waals surface area contributed by atoms with Crippen molar-refractivity contribution in [3.05, 3.63) is 18.2 Å². The van der Waals surface area contributed by atoms with E-state index in [-0.39, 0.29) is 0 Å². The molecule has 2 aliphatic rings. The molecule has 0 spiro atoms. The van der Waals surface area contributed by atoms with E-state index in [1.807, 2.05) is 19.4 Å². The van der Waals surface area contributed by atoms with Crippen molar-refractivity contribution in [1.82, 2.24) is 14.5 Å². The minimum absolute atomic E-state index is 0.323. The Balaban J connectivity index is 1.60. The van der Waals surface area contributed by atoms with Crippen LogP contribution in [0.15, 0.2) is 12.4 Å². The van der Waals surface area contributed by atoms with E-state index in [0.29, 0.717) is 17.7 Å². The molecule has 0 amide bonds. The second kappa shape index (κ2) is 5.45. The highest BCUT2D eigenvalue weighted by molar-refractivity contribution is 5.83. The van der Waals surface area contributed by atoms with Gasteiger partial charge in [-0.25, -0.2) is 4.98 Å². The molecular weight excluding hydrogens is 238 g/mol. The number of hydrogen-bond acceptors (Lipinski definition) is 3. The van der Waals surface area contributed by atoms with Crippen LogP contribution in [0.2, 0.25) is 0 Å². The summed E-state index contributed by atoms with van der Waals surface area (Å²) in [5.41, 5.74) is 0. The van der Waals surface area contributed by atoms with Crippen molar-refractivity contribution in [2.75, 3.05) is 13.1 Å². The topological polar surface area (TPSA) is 38.1 Å². The van der Waals surface area contributed by atoms with Gasteiger partial charge in [0, 0.05) is 50.8 Å². The highest BCUT2D eigenvalue weighted by atomic mass is 16.1. The van der Waals surface area contributed by atoms with Gasteiger partial charge in [0.25, 0.3) is 0 Å². The summed E-state index contributed by atoms with van der Waals surface area (Å²) in [6.45, 7) is 2.19. The highest BCUT2D eigenvalue weighted by Crippen LogP contribution is 2.33. The molecule has 1 aromatic heterocycles. The molecule has 1 saturated heterocycles. The second-order valence-electron chi connectivity index (χ2n) is 5.91. The van der Waals surface area contributed by atoms with E-state index in [1.165, 1.54) is 12.8 Å². The molecule has 0 N–H and O–H groups in total. The van der Waals surface area contributed by atoms with Crippen LogP contribution < -0.4 is 0 Å². The molecule has 19 heavy (non-hydrogen) atoms. The van der Waals surface area contributed by atoms with Gasteiger partial charge in [0.15, 0.2) is 0 Å². The fourth-order valence-electron chi connectivity index (χ4n) is 3.72. The molecular formula is C15H23N3O. The first-order valence-corrected chi connectivity index (χ1v) is 7.48. The van der Waals surface area contributed by atoms with Crippen molar-refractivity contribution in [2.45, 2.75) is 44.6 Å². The summed E-state index contributed by atoms with van der Waals surface area (Å²) in [6, 6.07) is 0.510. The first kappa shape index (κ1) is 12.9. The molecule has 4 nitrogen and oxygen atoms in total. The van der Waals surface area contributed by atoms with Crippen LogP contribution in [0.5, 0.6) is 0 Å². The lowest BCUT2D eigenvalue weighted by atomic mass is 9.95. The summed E-state index contributed by atoms with van der Waals surface area (Å²) in [5.74, 6) is 1.97. The molecule has 2 unspecified atom stereocenters. The maximum Gasteiger partial charge on any atom is 0.137 e. The first-order chi connectivity index (χ1) is 9.25. The number of likely N-dealkylation sites (tertiary alicyclic amines) is 1. The summed E-state index contributed by atoms with van der Waals surface area (Å²) < 4.78 is 2.09. The van der Waals surface area contributed by atoms with Crippen molar-refractivity contribution in [3.8, 4) is 0 Å². The van der Waals surface area contributed by atoms with Crippen LogP contribution in [-0.4, -0.2) is 39.4 Å². The van der Waals surface area contributed by atoms with E-state index >= 15 is 0 Å². The highest BCUT2D eigenvalue weighted by Gasteiger charge is 2.37. The monoisotopic (exact) mass is 261 g/mol. The maximum atomic E-state index is 12.0. The molecule has 0 radical (unpaired) electrons. The smallest absolute Gasteiger partial charge is 0.137 e.